The molecule has 0 saturated carbocycles. The number of sulfonamides is 1. The number of aromatic amines is 1. The molecule has 0 bridgehead atoms. The Morgan fingerprint density at radius 1 is 1.07 bits per heavy atom. The average Bonchev–Trinajstić information content (AvgIpc) is 3.61. The highest BCUT2D eigenvalue weighted by molar-refractivity contribution is 7.92. The van der Waals surface area contributed by atoms with E-state index in [4.69, 9.17) is 0 Å². The van der Waals surface area contributed by atoms with E-state index in [1.165, 1.54) is 34.6 Å². The number of nitrogens with zero attached hydrogens (tertiary/aromatic N) is 3. The van der Waals surface area contributed by atoms with E-state index in [0.29, 0.717) is 84.2 Å². The second kappa shape index (κ2) is 10.7. The summed E-state index contributed by atoms with van der Waals surface area (Å²) < 4.78 is 42.3. The van der Waals surface area contributed by atoms with Crippen LogP contribution in [0, 0.1) is 19.7 Å². The molecule has 0 aliphatic carbocycles. The lowest BCUT2D eigenvalue weighted by atomic mass is 10.0. The monoisotopic (exact) mass is 593 g/mol. The van der Waals surface area contributed by atoms with Crippen LogP contribution in [-0.2, 0) is 21.2 Å². The number of H-pyrrole nitrogens is 1. The number of amides is 2. The number of hydrogen-bond acceptors (Lipinski definition) is 6. The largest absolute Gasteiger partial charge is 0.395 e. The van der Waals surface area contributed by atoms with E-state index in [-0.39, 0.29) is 35.4 Å². The Morgan fingerprint density at radius 2 is 1.83 bits per heavy atom. The van der Waals surface area contributed by atoms with Gasteiger partial charge in [0.15, 0.2) is 0 Å². The van der Waals surface area contributed by atoms with Gasteiger partial charge in [-0.1, -0.05) is 0 Å². The molecule has 1 saturated heterocycles. The molecule has 6 rings (SSSR count). The minimum absolute atomic E-state index is 0.0245. The summed E-state index contributed by atoms with van der Waals surface area (Å²) in [7, 11) is -3.97. The van der Waals surface area contributed by atoms with Crippen molar-refractivity contribution in [2.24, 2.45) is 0 Å². The maximum atomic E-state index is 13.7. The van der Waals surface area contributed by atoms with Crippen LogP contribution in [0.4, 0.5) is 15.8 Å². The van der Waals surface area contributed by atoms with E-state index in [1.54, 1.807) is 17.0 Å². The van der Waals surface area contributed by atoms with Crippen LogP contribution < -0.4 is 9.62 Å². The van der Waals surface area contributed by atoms with Gasteiger partial charge in [0, 0.05) is 61.9 Å². The Morgan fingerprint density at radius 3 is 2.57 bits per heavy atom. The highest BCUT2D eigenvalue weighted by atomic mass is 32.2. The van der Waals surface area contributed by atoms with Crippen molar-refractivity contribution in [1.82, 2.24) is 14.8 Å². The number of fused-ring (bicyclic) bond motifs is 2. The highest BCUT2D eigenvalue weighted by Crippen LogP contribution is 2.38. The van der Waals surface area contributed by atoms with Crippen LogP contribution in [0.3, 0.4) is 0 Å². The van der Waals surface area contributed by atoms with Crippen molar-refractivity contribution in [2.45, 2.75) is 25.2 Å². The zero-order valence-corrected chi connectivity index (χ0v) is 24.2. The molecule has 0 unspecified atom stereocenters. The molecule has 1 aromatic heterocycles. The molecule has 12 heteroatoms. The number of aliphatic hydroxyl groups excluding tert-OH is 1. The number of anilines is 2. The predicted molar refractivity (Wildman–Crippen MR) is 157 cm³/mol. The number of halogens is 1. The number of β-amino-alcohol motifs (C(OH)–C–C–N with tert-alkyl or cyclic N) is 1. The Balaban J connectivity index is 1.30. The standard InChI is InChI=1S/C30H32FN5O5S/c1-18-26(32-19(2)28(18)30(39)35-11-9-34(10-12-35)13-14-37)17-24-23-16-22(4-5-25(23)33-29(24)38)42(40,41)36-8-7-20-15-21(31)3-6-27(20)36/h3-6,15-17,32,37H,7-14H2,1-2H3,(H,33,38). The van der Waals surface area contributed by atoms with Gasteiger partial charge < -0.3 is 20.3 Å². The molecule has 42 heavy (non-hydrogen) atoms. The van der Waals surface area contributed by atoms with Gasteiger partial charge in [0.25, 0.3) is 21.8 Å². The van der Waals surface area contributed by atoms with E-state index >= 15 is 0 Å². The Bertz CT molecular complexity index is 1740. The molecule has 4 heterocycles. The summed E-state index contributed by atoms with van der Waals surface area (Å²) >= 11 is 0. The fourth-order valence-electron chi connectivity index (χ4n) is 6.05. The number of rotatable bonds is 6. The topological polar surface area (TPSA) is 126 Å². The number of benzene rings is 2. The summed E-state index contributed by atoms with van der Waals surface area (Å²) in [5.74, 6) is -0.878. The van der Waals surface area contributed by atoms with Crippen LogP contribution in [0.2, 0.25) is 0 Å². The number of carbonyl (C=O) groups is 2. The number of nitrogens with one attached hydrogen (secondary N) is 2. The summed E-state index contributed by atoms with van der Waals surface area (Å²) in [5, 5.41) is 12.0. The third-order valence-corrected chi connectivity index (χ3v) is 10.1. The van der Waals surface area contributed by atoms with Crippen LogP contribution in [-0.4, -0.2) is 86.0 Å². The predicted octanol–water partition coefficient (Wildman–Crippen LogP) is 2.76. The van der Waals surface area contributed by atoms with Gasteiger partial charge in [-0.15, -0.1) is 0 Å². The van der Waals surface area contributed by atoms with E-state index in [0.717, 1.165) is 0 Å². The van der Waals surface area contributed by atoms with Gasteiger partial charge in [-0.2, -0.15) is 0 Å². The molecule has 2 amide bonds. The maximum Gasteiger partial charge on any atom is 0.264 e. The van der Waals surface area contributed by atoms with Crippen molar-refractivity contribution >= 4 is 44.9 Å². The van der Waals surface area contributed by atoms with Gasteiger partial charge in [-0.05, 0) is 73.9 Å². The molecule has 3 aliphatic heterocycles. The third-order valence-electron chi connectivity index (χ3n) is 8.31. The van der Waals surface area contributed by atoms with E-state index in [2.05, 4.69) is 15.2 Å². The van der Waals surface area contributed by atoms with Crippen LogP contribution >= 0.6 is 0 Å². The second-order valence-corrected chi connectivity index (χ2v) is 12.7. The number of aryl methyl sites for hydroxylation is 1. The minimum Gasteiger partial charge on any atom is -0.395 e. The summed E-state index contributed by atoms with van der Waals surface area (Å²) in [5.41, 5.74) is 4.83. The van der Waals surface area contributed by atoms with Crippen LogP contribution in [0.5, 0.6) is 0 Å². The number of aliphatic hydroxyl groups is 1. The molecule has 3 aromatic rings. The molecule has 0 radical (unpaired) electrons. The molecule has 0 atom stereocenters. The first-order chi connectivity index (χ1) is 20.1. The van der Waals surface area contributed by atoms with E-state index in [1.807, 2.05) is 13.8 Å². The lowest BCUT2D eigenvalue weighted by Gasteiger charge is -2.34. The first-order valence-corrected chi connectivity index (χ1v) is 15.3. The van der Waals surface area contributed by atoms with Gasteiger partial charge >= 0.3 is 0 Å². The lowest BCUT2D eigenvalue weighted by Crippen LogP contribution is -2.49. The SMILES string of the molecule is Cc1[nH]c(C=C2C(=O)Nc3ccc(S(=O)(=O)N4CCc5cc(F)ccc54)cc32)c(C)c1C(=O)N1CCN(CCO)CC1. The van der Waals surface area contributed by atoms with Crippen molar-refractivity contribution in [3.8, 4) is 0 Å². The van der Waals surface area contributed by atoms with Crippen LogP contribution in [0.15, 0.2) is 41.3 Å². The summed E-state index contributed by atoms with van der Waals surface area (Å²) in [4.78, 5) is 33.7. The second-order valence-electron chi connectivity index (χ2n) is 10.8. The van der Waals surface area contributed by atoms with Crippen molar-refractivity contribution in [3.05, 3.63) is 75.9 Å². The van der Waals surface area contributed by atoms with Crippen molar-refractivity contribution in [1.29, 1.82) is 0 Å². The van der Waals surface area contributed by atoms with Crippen molar-refractivity contribution < 1.29 is 27.5 Å². The van der Waals surface area contributed by atoms with Crippen LogP contribution in [0.25, 0.3) is 11.6 Å². The minimum atomic E-state index is -3.97. The number of piperazine rings is 1. The fraction of sp³-hybridized carbons (Fsp3) is 0.333. The highest BCUT2D eigenvalue weighted by Gasteiger charge is 2.34. The van der Waals surface area contributed by atoms with Crippen molar-refractivity contribution in [3.63, 3.8) is 0 Å². The molecule has 3 aliphatic rings. The molecule has 0 spiro atoms. The quantitative estimate of drug-likeness (QED) is 0.378. The van der Waals surface area contributed by atoms with Crippen LogP contribution in [0.1, 0.15) is 38.4 Å². The normalized spacial score (nSPS) is 18.0. The van der Waals surface area contributed by atoms with Gasteiger partial charge in [0.2, 0.25) is 0 Å². The molecule has 220 valence electrons. The Hall–Kier alpha value is -4.00. The molecular weight excluding hydrogens is 561 g/mol. The summed E-state index contributed by atoms with van der Waals surface area (Å²) in [6, 6.07) is 8.59. The lowest BCUT2D eigenvalue weighted by molar-refractivity contribution is -0.110. The van der Waals surface area contributed by atoms with Gasteiger partial charge in [0.1, 0.15) is 5.82 Å². The molecule has 10 nitrogen and oxygen atoms in total. The zero-order chi connectivity index (χ0) is 29.8. The molecule has 1 fully saturated rings. The number of aromatic nitrogens is 1. The first-order valence-electron chi connectivity index (χ1n) is 13.9. The van der Waals surface area contributed by atoms with Crippen molar-refractivity contribution in [2.75, 3.05) is 55.5 Å². The van der Waals surface area contributed by atoms with Gasteiger partial charge in [0.05, 0.1) is 28.3 Å². The average molecular weight is 594 g/mol. The molecule has 3 N–H and O–H groups in total. The fourth-order valence-corrected chi connectivity index (χ4v) is 7.58. The first kappa shape index (κ1) is 28.1. The Labute approximate surface area is 243 Å². The maximum absolute atomic E-state index is 13.7. The summed E-state index contributed by atoms with van der Waals surface area (Å²) in [6.07, 6.45) is 2.07. The third kappa shape index (κ3) is 4.79. The van der Waals surface area contributed by atoms with E-state index < -0.39 is 15.8 Å². The van der Waals surface area contributed by atoms with E-state index in [9.17, 15) is 27.5 Å². The number of carbonyl (C=O) groups excluding carboxylic acids is 2. The van der Waals surface area contributed by atoms with Gasteiger partial charge in [-0.3, -0.25) is 18.8 Å². The summed E-state index contributed by atoms with van der Waals surface area (Å²) in [6.45, 7) is 7.00. The molecular formula is C30H32FN5O5S. The smallest absolute Gasteiger partial charge is 0.264 e. The molecule has 2 aromatic carbocycles. The zero-order valence-electron chi connectivity index (χ0n) is 23.4. The Kier molecular flexibility index (Phi) is 7.16. The number of hydrogen-bond donors (Lipinski definition) is 3. The van der Waals surface area contributed by atoms with Gasteiger partial charge in [-0.25, -0.2) is 12.8 Å².